The fraction of sp³-hybridized carbons (Fsp3) is 0.316. The van der Waals surface area contributed by atoms with Gasteiger partial charge in [0.1, 0.15) is 11.5 Å². The first kappa shape index (κ1) is 18.1. The second-order valence-corrected chi connectivity index (χ2v) is 5.97. The number of aliphatic hydroxyl groups is 1. The Kier molecular flexibility index (Phi) is 5.68. The fourth-order valence-electron chi connectivity index (χ4n) is 2.99. The fourth-order valence-corrected chi connectivity index (χ4v) is 2.99. The number of fused-ring (bicyclic) bond motifs is 1. The maximum absolute atomic E-state index is 12.1. The highest BCUT2D eigenvalue weighted by molar-refractivity contribution is 5.91. The van der Waals surface area contributed by atoms with Crippen molar-refractivity contribution in [2.24, 2.45) is 0 Å². The van der Waals surface area contributed by atoms with Gasteiger partial charge < -0.3 is 19.9 Å². The molecule has 0 fully saturated rings. The highest BCUT2D eigenvalue weighted by Gasteiger charge is 2.21. The van der Waals surface area contributed by atoms with Gasteiger partial charge in [-0.05, 0) is 60.7 Å². The quantitative estimate of drug-likeness (QED) is 0.822. The first-order chi connectivity index (χ1) is 12.5. The number of hydrogen-bond acceptors (Lipinski definition) is 4. The highest BCUT2D eigenvalue weighted by atomic mass is 19.3. The number of benzene rings is 2. The summed E-state index contributed by atoms with van der Waals surface area (Å²) in [5.41, 5.74) is 2.24. The van der Waals surface area contributed by atoms with Gasteiger partial charge in [0, 0.05) is 5.69 Å². The molecule has 2 aromatic rings. The van der Waals surface area contributed by atoms with Gasteiger partial charge in [0.2, 0.25) is 0 Å². The number of hydrogen-bond donors (Lipinski definition) is 2. The van der Waals surface area contributed by atoms with Crippen LogP contribution in [0, 0.1) is 0 Å². The van der Waals surface area contributed by atoms with Crippen LogP contribution in [0.1, 0.15) is 30.1 Å². The van der Waals surface area contributed by atoms with E-state index in [1.165, 1.54) is 24.3 Å². The van der Waals surface area contributed by atoms with Crippen LogP contribution in [-0.4, -0.2) is 24.2 Å². The number of anilines is 1. The number of alkyl halides is 2. The van der Waals surface area contributed by atoms with Crippen LogP contribution >= 0.6 is 0 Å². The monoisotopic (exact) mass is 363 g/mol. The van der Waals surface area contributed by atoms with Crippen molar-refractivity contribution in [3.8, 4) is 11.5 Å². The van der Waals surface area contributed by atoms with Crippen LogP contribution in [0.3, 0.4) is 0 Å². The van der Waals surface area contributed by atoms with Crippen molar-refractivity contribution in [1.29, 1.82) is 0 Å². The minimum Gasteiger partial charge on any atom is -0.483 e. The smallest absolute Gasteiger partial charge is 0.387 e. The first-order valence-corrected chi connectivity index (χ1v) is 8.30. The molecule has 0 radical (unpaired) electrons. The zero-order valence-electron chi connectivity index (χ0n) is 14.0. The summed E-state index contributed by atoms with van der Waals surface area (Å²) in [5, 5.41) is 12.7. The number of carbonyl (C=O) groups is 1. The SMILES string of the molecule is O=C(COc1cccc2c1CCC[C@H]2O)Nc1ccc(OC(F)F)cc1. The van der Waals surface area contributed by atoms with Gasteiger partial charge in [0.15, 0.2) is 6.61 Å². The van der Waals surface area contributed by atoms with Crippen molar-refractivity contribution in [2.75, 3.05) is 11.9 Å². The number of halogens is 2. The molecular weight excluding hydrogens is 344 g/mol. The van der Waals surface area contributed by atoms with E-state index in [-0.39, 0.29) is 18.3 Å². The zero-order chi connectivity index (χ0) is 18.5. The third-order valence-electron chi connectivity index (χ3n) is 4.15. The maximum atomic E-state index is 12.1. The van der Waals surface area contributed by atoms with Gasteiger partial charge in [0.05, 0.1) is 6.10 Å². The van der Waals surface area contributed by atoms with E-state index in [1.807, 2.05) is 6.07 Å². The molecule has 0 spiro atoms. The molecule has 2 N–H and O–H groups in total. The van der Waals surface area contributed by atoms with Gasteiger partial charge in [-0.2, -0.15) is 8.78 Å². The summed E-state index contributed by atoms with van der Waals surface area (Å²) in [6.45, 7) is -3.08. The summed E-state index contributed by atoms with van der Waals surface area (Å²) in [6, 6.07) is 11.1. The summed E-state index contributed by atoms with van der Waals surface area (Å²) < 4.78 is 34.1. The molecule has 1 amide bonds. The van der Waals surface area contributed by atoms with Crippen molar-refractivity contribution < 1.29 is 28.2 Å². The maximum Gasteiger partial charge on any atom is 0.387 e. The van der Waals surface area contributed by atoms with E-state index in [0.29, 0.717) is 11.4 Å². The lowest BCUT2D eigenvalue weighted by Gasteiger charge is -2.23. The van der Waals surface area contributed by atoms with Crippen LogP contribution in [0.5, 0.6) is 11.5 Å². The van der Waals surface area contributed by atoms with Gasteiger partial charge in [-0.15, -0.1) is 0 Å². The third-order valence-corrected chi connectivity index (χ3v) is 4.15. The molecule has 3 rings (SSSR count). The molecule has 0 heterocycles. The molecule has 1 aliphatic carbocycles. The Labute approximate surface area is 149 Å². The lowest BCUT2D eigenvalue weighted by molar-refractivity contribution is -0.118. The second-order valence-electron chi connectivity index (χ2n) is 5.97. The Morgan fingerprint density at radius 2 is 2.00 bits per heavy atom. The first-order valence-electron chi connectivity index (χ1n) is 8.30. The van der Waals surface area contributed by atoms with E-state index in [0.717, 1.165) is 30.4 Å². The molecule has 2 aromatic carbocycles. The van der Waals surface area contributed by atoms with E-state index < -0.39 is 12.7 Å². The standard InChI is InChI=1S/C19H19F2NO4/c20-19(21)26-13-9-7-12(8-10-13)22-18(24)11-25-17-6-2-3-14-15(17)4-1-5-16(14)23/h2-3,6-10,16,19,23H,1,4-5,11H2,(H,22,24)/t16-/m1/s1. The predicted octanol–water partition coefficient (Wildman–Crippen LogP) is 3.68. The van der Waals surface area contributed by atoms with Crippen LogP contribution in [0.25, 0.3) is 0 Å². The Hall–Kier alpha value is -2.67. The van der Waals surface area contributed by atoms with Gasteiger partial charge in [-0.1, -0.05) is 12.1 Å². The highest BCUT2D eigenvalue weighted by Crippen LogP contribution is 2.35. The van der Waals surface area contributed by atoms with Crippen LogP contribution < -0.4 is 14.8 Å². The lowest BCUT2D eigenvalue weighted by atomic mass is 9.89. The van der Waals surface area contributed by atoms with E-state index >= 15 is 0 Å². The molecule has 0 bridgehead atoms. The van der Waals surface area contributed by atoms with E-state index in [9.17, 15) is 18.7 Å². The average molecular weight is 363 g/mol. The summed E-state index contributed by atoms with van der Waals surface area (Å²) in [6.07, 6.45) is 1.90. The molecule has 0 aromatic heterocycles. The second kappa shape index (κ2) is 8.14. The van der Waals surface area contributed by atoms with Gasteiger partial charge in [-0.25, -0.2) is 0 Å². The average Bonchev–Trinajstić information content (AvgIpc) is 2.62. The number of ether oxygens (including phenoxy) is 2. The number of rotatable bonds is 6. The molecule has 1 atom stereocenters. The van der Waals surface area contributed by atoms with Crippen molar-refractivity contribution in [3.05, 3.63) is 53.6 Å². The Bertz CT molecular complexity index is 765. The third kappa shape index (κ3) is 4.49. The van der Waals surface area contributed by atoms with Crippen LogP contribution in [0.4, 0.5) is 14.5 Å². The Morgan fingerprint density at radius 3 is 2.73 bits per heavy atom. The zero-order valence-corrected chi connectivity index (χ0v) is 14.0. The molecule has 0 saturated heterocycles. The molecule has 26 heavy (non-hydrogen) atoms. The predicted molar refractivity (Wildman–Crippen MR) is 91.5 cm³/mol. The van der Waals surface area contributed by atoms with Gasteiger partial charge in [-0.3, -0.25) is 4.79 Å². The minimum atomic E-state index is -2.89. The van der Waals surface area contributed by atoms with Crippen LogP contribution in [0.15, 0.2) is 42.5 Å². The Morgan fingerprint density at radius 1 is 1.23 bits per heavy atom. The number of carbonyl (C=O) groups excluding carboxylic acids is 1. The van der Waals surface area contributed by atoms with Crippen molar-refractivity contribution in [3.63, 3.8) is 0 Å². The molecule has 7 heteroatoms. The normalized spacial score (nSPS) is 16.1. The summed E-state index contributed by atoms with van der Waals surface area (Å²) in [7, 11) is 0. The number of nitrogens with one attached hydrogen (secondary N) is 1. The molecule has 138 valence electrons. The minimum absolute atomic E-state index is 0.0173. The van der Waals surface area contributed by atoms with Crippen molar-refractivity contribution >= 4 is 11.6 Å². The van der Waals surface area contributed by atoms with E-state index in [4.69, 9.17) is 4.74 Å². The molecule has 0 unspecified atom stereocenters. The molecule has 5 nitrogen and oxygen atoms in total. The largest absolute Gasteiger partial charge is 0.483 e. The van der Waals surface area contributed by atoms with Crippen molar-refractivity contribution in [1.82, 2.24) is 0 Å². The summed E-state index contributed by atoms with van der Waals surface area (Å²) >= 11 is 0. The van der Waals surface area contributed by atoms with Gasteiger partial charge in [0.25, 0.3) is 5.91 Å². The topological polar surface area (TPSA) is 67.8 Å². The number of amides is 1. The van der Waals surface area contributed by atoms with E-state index in [1.54, 1.807) is 12.1 Å². The molecular formula is C19H19F2NO4. The molecule has 0 aliphatic heterocycles. The summed E-state index contributed by atoms with van der Waals surface area (Å²) in [4.78, 5) is 12.0. The molecule has 0 saturated carbocycles. The van der Waals surface area contributed by atoms with E-state index in [2.05, 4.69) is 10.1 Å². The number of aliphatic hydroxyl groups excluding tert-OH is 1. The molecule has 1 aliphatic rings. The Balaban J connectivity index is 1.57. The van der Waals surface area contributed by atoms with Crippen molar-refractivity contribution in [2.45, 2.75) is 32.0 Å². The van der Waals surface area contributed by atoms with Crippen LogP contribution in [-0.2, 0) is 11.2 Å². The lowest BCUT2D eigenvalue weighted by Crippen LogP contribution is -2.21. The summed E-state index contributed by atoms with van der Waals surface area (Å²) in [5.74, 6) is 0.238. The van der Waals surface area contributed by atoms with Gasteiger partial charge >= 0.3 is 6.61 Å². The van der Waals surface area contributed by atoms with Crippen LogP contribution in [0.2, 0.25) is 0 Å².